The van der Waals surface area contributed by atoms with E-state index in [9.17, 15) is 19.7 Å². The van der Waals surface area contributed by atoms with Crippen molar-refractivity contribution >= 4 is 17.9 Å². The number of hydrazine groups is 1. The quantitative estimate of drug-likeness (QED) is 0.0353. The van der Waals surface area contributed by atoms with Gasteiger partial charge in [0, 0.05) is 24.6 Å². The summed E-state index contributed by atoms with van der Waals surface area (Å²) in [4.78, 5) is 41.0. The molecule has 0 fully saturated rings. The lowest BCUT2D eigenvalue weighted by Gasteiger charge is -2.32. The lowest BCUT2D eigenvalue weighted by Crippen LogP contribution is -2.40. The molecule has 236 valence electrons. The Morgan fingerprint density at radius 2 is 1.67 bits per heavy atom. The molecule has 13 heteroatoms. The SMILES string of the molecule is CCCCC(=O)N(Cc1ccc(-c2ccccc2/C(N)=N/N(N)COC(=O)OCCCCO[N+](=O)[O-])cc1)C(C)C(C)C. The fraction of sp³-hybridized carbons (Fsp3) is 0.500. The van der Waals surface area contributed by atoms with Crippen LogP contribution < -0.4 is 11.6 Å². The van der Waals surface area contributed by atoms with Crippen molar-refractivity contribution in [2.45, 2.75) is 72.4 Å². The Hall–Kier alpha value is -4.39. The van der Waals surface area contributed by atoms with Crippen LogP contribution in [-0.4, -0.2) is 59.0 Å². The fourth-order valence-corrected chi connectivity index (χ4v) is 4.12. The van der Waals surface area contributed by atoms with Crippen molar-refractivity contribution in [2.75, 3.05) is 19.9 Å². The largest absolute Gasteiger partial charge is 0.510 e. The van der Waals surface area contributed by atoms with E-state index in [4.69, 9.17) is 21.1 Å². The number of rotatable bonds is 18. The van der Waals surface area contributed by atoms with Crippen LogP contribution in [0.2, 0.25) is 0 Å². The van der Waals surface area contributed by atoms with Crippen LogP contribution in [0, 0.1) is 16.0 Å². The molecule has 2 aromatic rings. The van der Waals surface area contributed by atoms with E-state index in [0.717, 1.165) is 34.6 Å². The van der Waals surface area contributed by atoms with Crippen molar-refractivity contribution in [3.05, 3.63) is 69.8 Å². The Morgan fingerprint density at radius 1 is 1.00 bits per heavy atom. The Labute approximate surface area is 252 Å². The van der Waals surface area contributed by atoms with Crippen LogP contribution in [0.25, 0.3) is 11.1 Å². The minimum atomic E-state index is -0.965. The van der Waals surface area contributed by atoms with Crippen LogP contribution in [-0.2, 0) is 25.7 Å². The van der Waals surface area contributed by atoms with Gasteiger partial charge in [0.05, 0.1) is 13.2 Å². The van der Waals surface area contributed by atoms with Gasteiger partial charge in [-0.2, -0.15) is 5.12 Å². The smallest absolute Gasteiger partial charge is 0.434 e. The molecule has 0 spiro atoms. The molecule has 0 heterocycles. The van der Waals surface area contributed by atoms with Crippen LogP contribution >= 0.6 is 0 Å². The number of hydrogen-bond donors (Lipinski definition) is 2. The van der Waals surface area contributed by atoms with Crippen LogP contribution in [0.3, 0.4) is 0 Å². The van der Waals surface area contributed by atoms with Gasteiger partial charge in [-0.25, -0.2) is 10.6 Å². The number of nitrogens with zero attached hydrogens (tertiary/aromatic N) is 4. The van der Waals surface area contributed by atoms with Gasteiger partial charge in [0.2, 0.25) is 5.91 Å². The van der Waals surface area contributed by atoms with Gasteiger partial charge in [-0.15, -0.1) is 15.2 Å². The summed E-state index contributed by atoms with van der Waals surface area (Å²) in [6.07, 6.45) is 2.14. The molecule has 0 aliphatic carbocycles. The second kappa shape index (κ2) is 18.2. The highest BCUT2D eigenvalue weighted by molar-refractivity contribution is 6.03. The van der Waals surface area contributed by atoms with Crippen molar-refractivity contribution in [1.29, 1.82) is 0 Å². The zero-order valence-corrected chi connectivity index (χ0v) is 25.4. The highest BCUT2D eigenvalue weighted by atomic mass is 16.9. The van der Waals surface area contributed by atoms with E-state index in [0.29, 0.717) is 37.3 Å². The molecule has 0 aliphatic heterocycles. The topological polar surface area (TPSA) is 176 Å². The molecule has 0 aliphatic rings. The lowest BCUT2D eigenvalue weighted by molar-refractivity contribution is -0.757. The number of hydrazone groups is 1. The Kier molecular flexibility index (Phi) is 14.7. The van der Waals surface area contributed by atoms with E-state index in [1.165, 1.54) is 0 Å². The molecule has 0 saturated heterocycles. The zero-order chi connectivity index (χ0) is 31.8. The van der Waals surface area contributed by atoms with E-state index in [1.54, 1.807) is 0 Å². The Balaban J connectivity index is 2.03. The average molecular weight is 601 g/mol. The Morgan fingerprint density at radius 3 is 2.33 bits per heavy atom. The molecule has 43 heavy (non-hydrogen) atoms. The molecule has 0 bridgehead atoms. The van der Waals surface area contributed by atoms with Gasteiger partial charge in [-0.05, 0) is 48.8 Å². The normalized spacial score (nSPS) is 12.0. The first-order valence-electron chi connectivity index (χ1n) is 14.4. The standard InChI is InChI=1S/C30H44N6O7/c1-5-6-13-28(37)34(23(4)22(2)3)20-24-14-16-25(17-15-24)26-11-7-8-12-27(26)29(31)33-35(32)21-42-30(38)41-18-9-10-19-43-36(39)40/h7-8,11-12,14-17,22-23H,5-6,9-10,13,18-21,32H2,1-4H3,(H2,31,33). The van der Waals surface area contributed by atoms with Crippen molar-refractivity contribution in [2.24, 2.45) is 22.6 Å². The van der Waals surface area contributed by atoms with Gasteiger partial charge in [0.25, 0.3) is 5.09 Å². The molecule has 1 atom stereocenters. The minimum absolute atomic E-state index is 0.00595. The van der Waals surface area contributed by atoms with Crippen LogP contribution in [0.5, 0.6) is 0 Å². The molecule has 0 aromatic heterocycles. The average Bonchev–Trinajstić information content (AvgIpc) is 2.99. The summed E-state index contributed by atoms with van der Waals surface area (Å²) in [5, 5.41) is 14.2. The fourth-order valence-electron chi connectivity index (χ4n) is 4.12. The van der Waals surface area contributed by atoms with Crippen LogP contribution in [0.4, 0.5) is 4.79 Å². The summed E-state index contributed by atoms with van der Waals surface area (Å²) in [5.74, 6) is 6.48. The van der Waals surface area contributed by atoms with E-state index in [-0.39, 0.29) is 31.0 Å². The number of benzene rings is 2. The third kappa shape index (κ3) is 12.2. The van der Waals surface area contributed by atoms with Crippen molar-refractivity contribution < 1.29 is 29.0 Å². The van der Waals surface area contributed by atoms with Crippen molar-refractivity contribution in [3.63, 3.8) is 0 Å². The number of ether oxygens (including phenoxy) is 2. The van der Waals surface area contributed by atoms with Crippen LogP contribution in [0.1, 0.15) is 70.9 Å². The van der Waals surface area contributed by atoms with Crippen molar-refractivity contribution in [1.82, 2.24) is 10.0 Å². The summed E-state index contributed by atoms with van der Waals surface area (Å²) < 4.78 is 9.81. The number of amidine groups is 1. The zero-order valence-electron chi connectivity index (χ0n) is 25.4. The summed E-state index contributed by atoms with van der Waals surface area (Å²) >= 11 is 0. The summed E-state index contributed by atoms with van der Waals surface area (Å²) in [6, 6.07) is 15.6. The van der Waals surface area contributed by atoms with Gasteiger partial charge in [-0.3, -0.25) is 4.79 Å². The predicted octanol–water partition coefficient (Wildman–Crippen LogP) is 4.81. The maximum Gasteiger partial charge on any atom is 0.510 e. The highest BCUT2D eigenvalue weighted by Gasteiger charge is 2.22. The van der Waals surface area contributed by atoms with Gasteiger partial charge in [-0.1, -0.05) is 75.7 Å². The second-order valence-corrected chi connectivity index (χ2v) is 10.4. The van der Waals surface area contributed by atoms with E-state index in [1.807, 2.05) is 53.4 Å². The molecule has 2 aromatic carbocycles. The molecule has 1 amide bonds. The molecule has 1 unspecified atom stereocenters. The number of carbonyl (C=O) groups excluding carboxylic acids is 2. The molecule has 0 saturated carbocycles. The first-order chi connectivity index (χ1) is 20.5. The van der Waals surface area contributed by atoms with Gasteiger partial charge in [0.15, 0.2) is 12.6 Å². The lowest BCUT2D eigenvalue weighted by atomic mass is 9.97. The van der Waals surface area contributed by atoms with E-state index >= 15 is 0 Å². The van der Waals surface area contributed by atoms with E-state index < -0.39 is 18.0 Å². The number of nitrogens with two attached hydrogens (primary N) is 2. The first-order valence-corrected chi connectivity index (χ1v) is 14.4. The number of unbranched alkanes of at least 4 members (excludes halogenated alkanes) is 2. The second-order valence-electron chi connectivity index (χ2n) is 10.4. The maximum absolute atomic E-state index is 13.0. The molecule has 4 N–H and O–H groups in total. The molecule has 0 radical (unpaired) electrons. The van der Waals surface area contributed by atoms with Gasteiger partial charge in [0.1, 0.15) is 0 Å². The monoisotopic (exact) mass is 600 g/mol. The van der Waals surface area contributed by atoms with Crippen molar-refractivity contribution in [3.8, 4) is 11.1 Å². The predicted molar refractivity (Wildman–Crippen MR) is 162 cm³/mol. The third-order valence-corrected chi connectivity index (χ3v) is 6.85. The third-order valence-electron chi connectivity index (χ3n) is 6.85. The number of hydrogen-bond acceptors (Lipinski definition) is 10. The Bertz CT molecular complexity index is 1210. The summed E-state index contributed by atoms with van der Waals surface area (Å²) in [6.45, 7) is 8.47. The van der Waals surface area contributed by atoms with Gasteiger partial charge < -0.3 is 24.9 Å². The maximum atomic E-state index is 13.0. The molecular formula is C30H44N6O7. The molecular weight excluding hydrogens is 556 g/mol. The number of carbonyl (C=O) groups is 2. The minimum Gasteiger partial charge on any atom is -0.434 e. The van der Waals surface area contributed by atoms with E-state index in [2.05, 4.69) is 37.6 Å². The molecule has 13 nitrogen and oxygen atoms in total. The van der Waals surface area contributed by atoms with Crippen LogP contribution in [0.15, 0.2) is 53.6 Å². The van der Waals surface area contributed by atoms with Gasteiger partial charge >= 0.3 is 6.16 Å². The number of amides is 1. The summed E-state index contributed by atoms with van der Waals surface area (Å²) in [5.41, 5.74) is 9.67. The highest BCUT2D eigenvalue weighted by Crippen LogP contribution is 2.25. The molecule has 2 rings (SSSR count). The summed E-state index contributed by atoms with van der Waals surface area (Å²) in [7, 11) is 0. The first kappa shape index (κ1) is 34.8.